The quantitative estimate of drug-likeness (QED) is 0.597. The van der Waals surface area contributed by atoms with Crippen LogP contribution in [-0.4, -0.2) is 30.4 Å². The van der Waals surface area contributed by atoms with E-state index >= 15 is 0 Å². The molecule has 3 nitrogen and oxygen atoms in total. The smallest absolute Gasteiger partial charge is 0.325 e. The Bertz CT molecular complexity index is 461. The van der Waals surface area contributed by atoms with Gasteiger partial charge in [-0.15, -0.1) is 11.8 Å². The van der Waals surface area contributed by atoms with Crippen molar-refractivity contribution in [2.24, 2.45) is 0 Å². The molecule has 0 aliphatic heterocycles. The van der Waals surface area contributed by atoms with E-state index in [4.69, 9.17) is 4.74 Å². The predicted molar refractivity (Wildman–Crippen MR) is 86.1 cm³/mol. The van der Waals surface area contributed by atoms with Crippen molar-refractivity contribution in [2.75, 3.05) is 12.9 Å². The van der Waals surface area contributed by atoms with Crippen LogP contribution in [0.25, 0.3) is 0 Å². The van der Waals surface area contributed by atoms with Gasteiger partial charge in [-0.1, -0.05) is 15.9 Å². The SMILES string of the molecule is COC(=O)C(C)(CCSc1ccc(Br)cc1)NC1CC1. The molecule has 0 saturated heterocycles. The van der Waals surface area contributed by atoms with Gasteiger partial charge in [0.25, 0.3) is 0 Å². The van der Waals surface area contributed by atoms with Gasteiger partial charge in [-0.3, -0.25) is 10.1 Å². The molecule has 1 fully saturated rings. The Morgan fingerprint density at radius 3 is 2.65 bits per heavy atom. The normalized spacial score (nSPS) is 17.6. The van der Waals surface area contributed by atoms with Gasteiger partial charge in [-0.05, 0) is 50.5 Å². The number of esters is 1. The summed E-state index contributed by atoms with van der Waals surface area (Å²) < 4.78 is 6.03. The second kappa shape index (κ2) is 6.96. The van der Waals surface area contributed by atoms with Crippen LogP contribution >= 0.6 is 27.7 Å². The molecule has 1 aliphatic carbocycles. The number of benzene rings is 1. The molecule has 0 amide bonds. The molecule has 1 N–H and O–H groups in total. The molecular weight excluding hydrogens is 338 g/mol. The number of nitrogens with one attached hydrogen (secondary N) is 1. The van der Waals surface area contributed by atoms with Gasteiger partial charge in [0.15, 0.2) is 0 Å². The fourth-order valence-electron chi connectivity index (χ4n) is 2.04. The van der Waals surface area contributed by atoms with E-state index in [1.165, 1.54) is 12.0 Å². The largest absolute Gasteiger partial charge is 0.468 e. The summed E-state index contributed by atoms with van der Waals surface area (Å²) in [6.45, 7) is 1.94. The van der Waals surface area contributed by atoms with Crippen LogP contribution in [0.2, 0.25) is 0 Å². The van der Waals surface area contributed by atoms with Gasteiger partial charge in [0.2, 0.25) is 0 Å². The number of carbonyl (C=O) groups excluding carboxylic acids is 1. The topological polar surface area (TPSA) is 38.3 Å². The van der Waals surface area contributed by atoms with Gasteiger partial charge in [0.1, 0.15) is 5.54 Å². The third kappa shape index (κ3) is 4.50. The zero-order valence-corrected chi connectivity index (χ0v) is 14.2. The number of rotatable bonds is 7. The highest BCUT2D eigenvalue weighted by atomic mass is 79.9. The molecule has 1 saturated carbocycles. The van der Waals surface area contributed by atoms with Crippen molar-refractivity contribution in [2.45, 2.75) is 42.7 Å². The summed E-state index contributed by atoms with van der Waals surface area (Å²) in [5.74, 6) is 0.716. The average molecular weight is 358 g/mol. The second-order valence-electron chi connectivity index (χ2n) is 5.29. The van der Waals surface area contributed by atoms with Gasteiger partial charge in [0, 0.05) is 21.2 Å². The average Bonchev–Trinajstić information content (AvgIpc) is 3.24. The van der Waals surface area contributed by atoms with Crippen LogP contribution in [0.1, 0.15) is 26.2 Å². The van der Waals surface area contributed by atoms with Gasteiger partial charge in [-0.25, -0.2) is 0 Å². The highest BCUT2D eigenvalue weighted by Crippen LogP contribution is 2.28. The standard InChI is InChI=1S/C15H20BrNO2S/c1-15(14(18)19-2,17-12-5-6-12)9-10-20-13-7-3-11(16)4-8-13/h3-4,7-8,12,17H,5-6,9-10H2,1-2H3. The number of thioether (sulfide) groups is 1. The van der Waals surface area contributed by atoms with Crippen molar-refractivity contribution in [3.8, 4) is 0 Å². The summed E-state index contributed by atoms with van der Waals surface area (Å²) in [6.07, 6.45) is 3.08. The minimum Gasteiger partial charge on any atom is -0.468 e. The summed E-state index contributed by atoms with van der Waals surface area (Å²) >= 11 is 5.19. The van der Waals surface area contributed by atoms with Gasteiger partial charge in [0.05, 0.1) is 7.11 Å². The number of halogens is 1. The fraction of sp³-hybridized carbons (Fsp3) is 0.533. The zero-order chi connectivity index (χ0) is 14.6. The first-order valence-corrected chi connectivity index (χ1v) is 8.56. The molecular formula is C15H20BrNO2S. The van der Waals surface area contributed by atoms with E-state index in [2.05, 4.69) is 33.4 Å². The highest BCUT2D eigenvalue weighted by Gasteiger charge is 2.38. The minimum absolute atomic E-state index is 0.166. The van der Waals surface area contributed by atoms with Gasteiger partial charge in [-0.2, -0.15) is 0 Å². The molecule has 2 rings (SSSR count). The Morgan fingerprint density at radius 2 is 2.10 bits per heavy atom. The van der Waals surface area contributed by atoms with Crippen molar-refractivity contribution in [1.82, 2.24) is 5.32 Å². The van der Waals surface area contributed by atoms with E-state index < -0.39 is 5.54 Å². The van der Waals surface area contributed by atoms with E-state index in [9.17, 15) is 4.79 Å². The Kier molecular flexibility index (Phi) is 5.52. The number of hydrogen-bond acceptors (Lipinski definition) is 4. The maximum Gasteiger partial charge on any atom is 0.325 e. The Balaban J connectivity index is 1.87. The van der Waals surface area contributed by atoms with Gasteiger partial charge < -0.3 is 4.74 Å². The summed E-state index contributed by atoms with van der Waals surface area (Å²) in [5.41, 5.74) is -0.571. The van der Waals surface area contributed by atoms with Crippen molar-refractivity contribution >= 4 is 33.7 Å². The van der Waals surface area contributed by atoms with E-state index in [0.717, 1.165) is 29.5 Å². The van der Waals surface area contributed by atoms with Crippen molar-refractivity contribution < 1.29 is 9.53 Å². The number of ether oxygens (including phenoxy) is 1. The Hall–Kier alpha value is -0.520. The van der Waals surface area contributed by atoms with E-state index in [0.29, 0.717) is 6.04 Å². The lowest BCUT2D eigenvalue weighted by molar-refractivity contribution is -0.148. The lowest BCUT2D eigenvalue weighted by Gasteiger charge is -2.28. The number of hydrogen-bond donors (Lipinski definition) is 1. The summed E-state index contributed by atoms with van der Waals surface area (Å²) in [7, 11) is 1.46. The van der Waals surface area contributed by atoms with Crippen LogP contribution in [-0.2, 0) is 9.53 Å². The maximum absolute atomic E-state index is 12.0. The molecule has 0 spiro atoms. The van der Waals surface area contributed by atoms with Crippen LogP contribution in [0.3, 0.4) is 0 Å². The first-order chi connectivity index (χ1) is 9.53. The molecule has 0 aromatic heterocycles. The highest BCUT2D eigenvalue weighted by molar-refractivity contribution is 9.10. The molecule has 0 bridgehead atoms. The lowest BCUT2D eigenvalue weighted by atomic mass is 9.99. The van der Waals surface area contributed by atoms with Crippen molar-refractivity contribution in [1.29, 1.82) is 0 Å². The first kappa shape index (κ1) is 15.9. The molecule has 1 atom stereocenters. The first-order valence-electron chi connectivity index (χ1n) is 6.78. The third-order valence-corrected chi connectivity index (χ3v) is 4.96. The molecule has 1 aliphatic rings. The lowest BCUT2D eigenvalue weighted by Crippen LogP contribution is -2.51. The van der Waals surface area contributed by atoms with Crippen LogP contribution in [0.15, 0.2) is 33.6 Å². The molecule has 20 heavy (non-hydrogen) atoms. The van der Waals surface area contributed by atoms with Crippen LogP contribution in [0, 0.1) is 0 Å². The Labute approximate surface area is 133 Å². The monoisotopic (exact) mass is 357 g/mol. The number of methoxy groups -OCH3 is 1. The van der Waals surface area contributed by atoms with E-state index in [1.54, 1.807) is 11.8 Å². The van der Waals surface area contributed by atoms with E-state index in [-0.39, 0.29) is 5.97 Å². The summed E-state index contributed by atoms with van der Waals surface area (Å²) in [5, 5.41) is 3.42. The second-order valence-corrected chi connectivity index (χ2v) is 7.38. The predicted octanol–water partition coefficient (Wildman–Crippen LogP) is 3.62. The molecule has 1 unspecified atom stereocenters. The van der Waals surface area contributed by atoms with Crippen LogP contribution in [0.4, 0.5) is 0 Å². The maximum atomic E-state index is 12.0. The summed E-state index contributed by atoms with van der Waals surface area (Å²) in [6, 6.07) is 8.71. The molecule has 0 heterocycles. The number of carbonyl (C=O) groups is 1. The van der Waals surface area contributed by atoms with Crippen LogP contribution < -0.4 is 5.32 Å². The zero-order valence-electron chi connectivity index (χ0n) is 11.8. The molecule has 0 radical (unpaired) electrons. The minimum atomic E-state index is -0.571. The third-order valence-electron chi connectivity index (χ3n) is 3.42. The van der Waals surface area contributed by atoms with Crippen LogP contribution in [0.5, 0.6) is 0 Å². The molecule has 5 heteroatoms. The van der Waals surface area contributed by atoms with Gasteiger partial charge >= 0.3 is 5.97 Å². The summed E-state index contributed by atoms with van der Waals surface area (Å²) in [4.78, 5) is 13.2. The Morgan fingerprint density at radius 1 is 1.45 bits per heavy atom. The molecule has 1 aromatic carbocycles. The van der Waals surface area contributed by atoms with E-state index in [1.807, 2.05) is 19.1 Å². The molecule has 1 aromatic rings. The fourth-order valence-corrected chi connectivity index (χ4v) is 3.38. The molecule has 110 valence electrons. The van der Waals surface area contributed by atoms with Crippen molar-refractivity contribution in [3.05, 3.63) is 28.7 Å². The van der Waals surface area contributed by atoms with Crippen molar-refractivity contribution in [3.63, 3.8) is 0 Å².